The van der Waals surface area contributed by atoms with Crippen molar-refractivity contribution in [1.29, 1.82) is 0 Å². The first-order valence-electron chi connectivity index (χ1n) is 10.1. The Labute approximate surface area is 148 Å². The van der Waals surface area contributed by atoms with Crippen molar-refractivity contribution < 1.29 is 0 Å². The van der Waals surface area contributed by atoms with E-state index in [0.717, 1.165) is 0 Å². The van der Waals surface area contributed by atoms with E-state index in [-0.39, 0.29) is 0 Å². The summed E-state index contributed by atoms with van der Waals surface area (Å²) in [5.41, 5.74) is 6.07. The lowest BCUT2D eigenvalue weighted by molar-refractivity contribution is 0.635. The predicted octanol–water partition coefficient (Wildman–Crippen LogP) is 6.69. The van der Waals surface area contributed by atoms with Crippen molar-refractivity contribution in [2.24, 2.45) is 0 Å². The number of hydrogen-bond acceptors (Lipinski definition) is 0. The van der Waals surface area contributed by atoms with Crippen LogP contribution in [0.5, 0.6) is 0 Å². The van der Waals surface area contributed by atoms with Crippen LogP contribution in [0.25, 0.3) is 0 Å². The molecule has 2 aromatic rings. The fraction of sp³-hybridized carbons (Fsp3) is 0.500. The van der Waals surface area contributed by atoms with Crippen LogP contribution in [0.1, 0.15) is 73.6 Å². The maximum Gasteiger partial charge on any atom is -0.0279 e. The molecule has 0 radical (unpaired) electrons. The summed E-state index contributed by atoms with van der Waals surface area (Å²) in [6.07, 6.45) is 15.8. The molecule has 0 amide bonds. The first-order chi connectivity index (χ1) is 11.9. The Morgan fingerprint density at radius 3 is 0.708 bits per heavy atom. The Kier molecular flexibility index (Phi) is 6.96. The SMILES string of the molecule is c1cc2ccc1CCCCCCc1ccc(cc1)CCCCCC2. The van der Waals surface area contributed by atoms with Gasteiger partial charge < -0.3 is 0 Å². The van der Waals surface area contributed by atoms with Gasteiger partial charge in [0.25, 0.3) is 0 Å². The van der Waals surface area contributed by atoms with E-state index in [9.17, 15) is 0 Å². The van der Waals surface area contributed by atoms with Gasteiger partial charge in [-0.05, 0) is 73.6 Å². The lowest BCUT2D eigenvalue weighted by Crippen LogP contribution is -1.92. The minimum absolute atomic E-state index is 1.25. The molecule has 24 heavy (non-hydrogen) atoms. The van der Waals surface area contributed by atoms with E-state index < -0.39 is 0 Å². The maximum absolute atomic E-state index is 2.36. The Bertz CT molecular complexity index is 467. The second-order valence-corrected chi connectivity index (χ2v) is 7.46. The molecule has 128 valence electrons. The van der Waals surface area contributed by atoms with E-state index in [1.165, 1.54) is 99.3 Å². The highest BCUT2D eigenvalue weighted by molar-refractivity contribution is 5.23. The van der Waals surface area contributed by atoms with Crippen molar-refractivity contribution in [3.8, 4) is 0 Å². The van der Waals surface area contributed by atoms with Crippen molar-refractivity contribution in [3.05, 3.63) is 70.8 Å². The van der Waals surface area contributed by atoms with E-state index in [4.69, 9.17) is 0 Å². The molecule has 6 rings (SSSR count). The van der Waals surface area contributed by atoms with Crippen LogP contribution in [0.15, 0.2) is 48.5 Å². The Morgan fingerprint density at radius 1 is 0.292 bits per heavy atom. The van der Waals surface area contributed by atoms with Gasteiger partial charge in [-0.2, -0.15) is 0 Å². The minimum Gasteiger partial charge on any atom is -0.0588 e. The largest absolute Gasteiger partial charge is 0.0588 e. The zero-order chi connectivity index (χ0) is 16.5. The van der Waals surface area contributed by atoms with Gasteiger partial charge in [-0.25, -0.2) is 0 Å². The molecule has 4 bridgehead atoms. The topological polar surface area (TPSA) is 0 Å². The lowest BCUT2D eigenvalue weighted by Gasteiger charge is -2.07. The molecule has 4 aliphatic rings. The second kappa shape index (κ2) is 9.67. The summed E-state index contributed by atoms with van der Waals surface area (Å²) in [5, 5.41) is 0. The molecule has 0 unspecified atom stereocenters. The standard InChI is InChI=1S/C24H32/c1-2-6-10-22-17-19-24(20-18-22)12-8-4-3-7-11-23-15-13-21(9-5-1)14-16-23/h13-20H,1-12H2. The molecule has 0 aliphatic heterocycles. The van der Waals surface area contributed by atoms with Crippen LogP contribution in [-0.2, 0) is 25.7 Å². The number of aryl methyl sites for hydroxylation is 4. The summed E-state index contributed by atoms with van der Waals surface area (Å²) in [7, 11) is 0. The summed E-state index contributed by atoms with van der Waals surface area (Å²) in [4.78, 5) is 0. The maximum atomic E-state index is 2.36. The zero-order valence-corrected chi connectivity index (χ0v) is 15.1. The van der Waals surface area contributed by atoms with Gasteiger partial charge in [-0.3, -0.25) is 0 Å². The van der Waals surface area contributed by atoms with Gasteiger partial charge in [-0.1, -0.05) is 74.2 Å². The van der Waals surface area contributed by atoms with Gasteiger partial charge in [0, 0.05) is 0 Å². The molecule has 0 heteroatoms. The molecule has 0 aromatic heterocycles. The second-order valence-electron chi connectivity index (χ2n) is 7.46. The van der Waals surface area contributed by atoms with Gasteiger partial charge in [0.2, 0.25) is 0 Å². The molecule has 0 heterocycles. The summed E-state index contributed by atoms with van der Waals surface area (Å²) in [6.45, 7) is 0. The molecular weight excluding hydrogens is 288 g/mol. The predicted molar refractivity (Wildman–Crippen MR) is 105 cm³/mol. The van der Waals surface area contributed by atoms with Gasteiger partial charge in [0.1, 0.15) is 0 Å². The number of rotatable bonds is 0. The van der Waals surface area contributed by atoms with E-state index >= 15 is 0 Å². The summed E-state index contributed by atoms with van der Waals surface area (Å²) < 4.78 is 0. The van der Waals surface area contributed by atoms with Crippen LogP contribution in [-0.4, -0.2) is 0 Å². The molecule has 0 saturated heterocycles. The lowest BCUT2D eigenvalue weighted by atomic mass is 9.98. The highest BCUT2D eigenvalue weighted by atomic mass is 14.1. The Hall–Kier alpha value is -1.56. The molecule has 0 fully saturated rings. The van der Waals surface area contributed by atoms with Gasteiger partial charge in [0.05, 0.1) is 0 Å². The monoisotopic (exact) mass is 320 g/mol. The fourth-order valence-electron chi connectivity index (χ4n) is 3.77. The molecule has 0 nitrogen and oxygen atoms in total. The molecule has 0 saturated carbocycles. The summed E-state index contributed by atoms with van der Waals surface area (Å²) in [6, 6.07) is 18.8. The van der Waals surface area contributed by atoms with Crippen LogP contribution in [0, 0.1) is 0 Å². The highest BCUT2D eigenvalue weighted by Gasteiger charge is 2.00. The van der Waals surface area contributed by atoms with Crippen LogP contribution in [0.4, 0.5) is 0 Å². The summed E-state index contributed by atoms with van der Waals surface area (Å²) >= 11 is 0. The number of hydrogen-bond donors (Lipinski definition) is 0. The molecule has 0 atom stereocenters. The van der Waals surface area contributed by atoms with E-state index in [1.807, 2.05) is 0 Å². The molecular formula is C24H32. The summed E-state index contributed by atoms with van der Waals surface area (Å²) in [5.74, 6) is 0. The fourth-order valence-corrected chi connectivity index (χ4v) is 3.77. The van der Waals surface area contributed by atoms with Crippen molar-refractivity contribution >= 4 is 0 Å². The normalized spacial score (nSPS) is 17.7. The Morgan fingerprint density at radius 2 is 0.500 bits per heavy atom. The first kappa shape index (κ1) is 17.3. The molecule has 0 N–H and O–H groups in total. The van der Waals surface area contributed by atoms with Crippen molar-refractivity contribution in [1.82, 2.24) is 0 Å². The van der Waals surface area contributed by atoms with E-state index in [0.29, 0.717) is 0 Å². The van der Waals surface area contributed by atoms with Crippen molar-refractivity contribution in [3.63, 3.8) is 0 Å². The molecule has 4 aliphatic carbocycles. The van der Waals surface area contributed by atoms with Crippen molar-refractivity contribution in [2.75, 3.05) is 0 Å². The molecule has 2 aromatic carbocycles. The average molecular weight is 321 g/mol. The van der Waals surface area contributed by atoms with Gasteiger partial charge in [0.15, 0.2) is 0 Å². The van der Waals surface area contributed by atoms with Crippen molar-refractivity contribution in [2.45, 2.75) is 77.0 Å². The average Bonchev–Trinajstić information content (AvgIpc) is 2.62. The van der Waals surface area contributed by atoms with Crippen LogP contribution >= 0.6 is 0 Å². The first-order valence-corrected chi connectivity index (χ1v) is 10.1. The van der Waals surface area contributed by atoms with Gasteiger partial charge in [-0.15, -0.1) is 0 Å². The van der Waals surface area contributed by atoms with Crippen LogP contribution in [0.3, 0.4) is 0 Å². The third kappa shape index (κ3) is 5.82. The quantitative estimate of drug-likeness (QED) is 0.507. The van der Waals surface area contributed by atoms with Crippen LogP contribution in [0.2, 0.25) is 0 Å². The third-order valence-electron chi connectivity index (χ3n) is 5.41. The van der Waals surface area contributed by atoms with E-state index in [2.05, 4.69) is 48.5 Å². The minimum atomic E-state index is 1.25. The third-order valence-corrected chi connectivity index (χ3v) is 5.41. The zero-order valence-electron chi connectivity index (χ0n) is 15.1. The van der Waals surface area contributed by atoms with Gasteiger partial charge >= 0.3 is 0 Å². The van der Waals surface area contributed by atoms with E-state index in [1.54, 1.807) is 0 Å². The smallest absolute Gasteiger partial charge is 0.0279 e. The molecule has 0 spiro atoms. The number of benzene rings is 2. The van der Waals surface area contributed by atoms with Crippen LogP contribution < -0.4 is 0 Å². The Balaban J connectivity index is 1.55. The highest BCUT2D eigenvalue weighted by Crippen LogP contribution is 2.16.